The minimum atomic E-state index is -2.83. The van der Waals surface area contributed by atoms with Crippen LogP contribution in [0.1, 0.15) is 59.3 Å². The fourth-order valence-corrected chi connectivity index (χ4v) is 3.27. The highest BCUT2D eigenvalue weighted by Crippen LogP contribution is 2.12. The standard InChI is InChI=1S/C13H30O4Si/c1-4-7-10-15-18(13-14,16-11-8-5-2)17-12-9-6-3/h14H,4-13H2,1-3H3. The molecule has 1 N–H and O–H groups in total. The van der Waals surface area contributed by atoms with E-state index in [1.54, 1.807) is 0 Å². The zero-order chi connectivity index (χ0) is 13.7. The van der Waals surface area contributed by atoms with Crippen LogP contribution in [0, 0.1) is 0 Å². The molecule has 5 heteroatoms. The van der Waals surface area contributed by atoms with E-state index in [2.05, 4.69) is 20.8 Å². The Morgan fingerprint density at radius 2 is 1.06 bits per heavy atom. The van der Waals surface area contributed by atoms with Gasteiger partial charge in [-0.3, -0.25) is 0 Å². The maximum atomic E-state index is 9.56. The fourth-order valence-electron chi connectivity index (χ4n) is 1.38. The molecule has 0 amide bonds. The van der Waals surface area contributed by atoms with E-state index in [0.717, 1.165) is 38.5 Å². The predicted molar refractivity (Wildman–Crippen MR) is 75.4 cm³/mol. The van der Waals surface area contributed by atoms with Crippen LogP contribution in [0.25, 0.3) is 0 Å². The molecule has 0 radical (unpaired) electrons. The third-order valence-electron chi connectivity index (χ3n) is 2.65. The normalized spacial score (nSPS) is 12.0. The van der Waals surface area contributed by atoms with Gasteiger partial charge in [-0.2, -0.15) is 0 Å². The zero-order valence-corrected chi connectivity index (χ0v) is 13.2. The second kappa shape index (κ2) is 12.1. The van der Waals surface area contributed by atoms with Crippen molar-refractivity contribution in [1.29, 1.82) is 0 Å². The Hall–Kier alpha value is 0.0569. The van der Waals surface area contributed by atoms with Crippen molar-refractivity contribution in [3.8, 4) is 0 Å². The van der Waals surface area contributed by atoms with Crippen molar-refractivity contribution >= 4 is 8.80 Å². The highest BCUT2D eigenvalue weighted by molar-refractivity contribution is 6.60. The molecule has 18 heavy (non-hydrogen) atoms. The molecule has 0 saturated heterocycles. The lowest BCUT2D eigenvalue weighted by molar-refractivity contribution is 0.0373. The van der Waals surface area contributed by atoms with E-state index >= 15 is 0 Å². The van der Waals surface area contributed by atoms with E-state index in [1.165, 1.54) is 0 Å². The van der Waals surface area contributed by atoms with Gasteiger partial charge >= 0.3 is 8.80 Å². The van der Waals surface area contributed by atoms with Crippen LogP contribution < -0.4 is 0 Å². The lowest BCUT2D eigenvalue weighted by Crippen LogP contribution is -2.50. The van der Waals surface area contributed by atoms with Crippen LogP contribution in [0.3, 0.4) is 0 Å². The van der Waals surface area contributed by atoms with Gasteiger partial charge in [0.25, 0.3) is 0 Å². The summed E-state index contributed by atoms with van der Waals surface area (Å²) in [5.74, 6) is 0. The molecule has 0 rings (SSSR count). The quantitative estimate of drug-likeness (QED) is 0.416. The first-order valence-electron chi connectivity index (χ1n) is 7.27. The van der Waals surface area contributed by atoms with Crippen molar-refractivity contribution < 1.29 is 18.4 Å². The van der Waals surface area contributed by atoms with Crippen molar-refractivity contribution in [2.24, 2.45) is 0 Å². The number of aliphatic hydroxyl groups excluding tert-OH is 1. The van der Waals surface area contributed by atoms with Crippen LogP contribution in [-0.4, -0.2) is 40.0 Å². The smallest absolute Gasteiger partial charge is 0.392 e. The third kappa shape index (κ3) is 8.21. The van der Waals surface area contributed by atoms with Gasteiger partial charge in [0, 0.05) is 19.8 Å². The Morgan fingerprint density at radius 1 is 0.722 bits per heavy atom. The van der Waals surface area contributed by atoms with Crippen molar-refractivity contribution in [3.05, 3.63) is 0 Å². The van der Waals surface area contributed by atoms with Crippen LogP contribution in [0.5, 0.6) is 0 Å². The second-order valence-corrected chi connectivity index (χ2v) is 7.00. The van der Waals surface area contributed by atoms with Gasteiger partial charge in [0.15, 0.2) is 0 Å². The van der Waals surface area contributed by atoms with Crippen molar-refractivity contribution in [1.82, 2.24) is 0 Å². The highest BCUT2D eigenvalue weighted by Gasteiger charge is 2.40. The molecule has 0 aliphatic heterocycles. The van der Waals surface area contributed by atoms with Gasteiger partial charge in [0.1, 0.15) is 6.23 Å². The summed E-state index contributed by atoms with van der Waals surface area (Å²) in [7, 11) is -2.83. The minimum absolute atomic E-state index is 0.121. The molecular formula is C13H30O4Si. The molecule has 0 atom stereocenters. The van der Waals surface area contributed by atoms with Crippen LogP contribution in [0.4, 0.5) is 0 Å². The van der Waals surface area contributed by atoms with E-state index in [0.29, 0.717) is 19.8 Å². The van der Waals surface area contributed by atoms with Crippen LogP contribution in [0.15, 0.2) is 0 Å². The summed E-state index contributed by atoms with van der Waals surface area (Å²) < 4.78 is 17.3. The third-order valence-corrected chi connectivity index (χ3v) is 4.97. The SMILES string of the molecule is CCCCO[Si](CO)(OCCCC)OCCCC. The summed E-state index contributed by atoms with van der Waals surface area (Å²) in [6.07, 6.45) is 6.01. The Balaban J connectivity index is 4.20. The first-order chi connectivity index (χ1) is 8.74. The van der Waals surface area contributed by atoms with E-state index in [-0.39, 0.29) is 6.23 Å². The number of unbranched alkanes of at least 4 members (excludes halogenated alkanes) is 3. The number of hydrogen-bond acceptors (Lipinski definition) is 4. The number of rotatable bonds is 13. The average Bonchev–Trinajstić information content (AvgIpc) is 2.39. The van der Waals surface area contributed by atoms with Gasteiger partial charge in [0.2, 0.25) is 0 Å². The Kier molecular flexibility index (Phi) is 12.1. The maximum absolute atomic E-state index is 9.56. The number of hydrogen-bond donors (Lipinski definition) is 1. The molecule has 0 bridgehead atoms. The summed E-state index contributed by atoms with van der Waals surface area (Å²) in [5, 5.41) is 9.56. The minimum Gasteiger partial charge on any atom is -0.392 e. The number of aliphatic hydroxyl groups is 1. The Bertz CT molecular complexity index is 152. The molecule has 0 aromatic heterocycles. The molecule has 110 valence electrons. The predicted octanol–water partition coefficient (Wildman–Crippen LogP) is 2.91. The van der Waals surface area contributed by atoms with Gasteiger partial charge in [-0.15, -0.1) is 0 Å². The van der Waals surface area contributed by atoms with Crippen molar-refractivity contribution in [2.45, 2.75) is 59.3 Å². The molecule has 0 heterocycles. The van der Waals surface area contributed by atoms with E-state index in [4.69, 9.17) is 13.3 Å². The van der Waals surface area contributed by atoms with E-state index < -0.39 is 8.80 Å². The molecule has 0 fully saturated rings. The maximum Gasteiger partial charge on any atom is 0.527 e. The summed E-state index contributed by atoms with van der Waals surface area (Å²) in [6, 6.07) is 0. The summed E-state index contributed by atoms with van der Waals surface area (Å²) in [5.41, 5.74) is 0. The van der Waals surface area contributed by atoms with Crippen LogP contribution >= 0.6 is 0 Å². The summed E-state index contributed by atoms with van der Waals surface area (Å²) in [6.45, 7) is 8.18. The lowest BCUT2D eigenvalue weighted by atomic mass is 10.4. The fraction of sp³-hybridized carbons (Fsp3) is 1.00. The van der Waals surface area contributed by atoms with E-state index in [9.17, 15) is 5.11 Å². The van der Waals surface area contributed by atoms with Crippen molar-refractivity contribution in [3.63, 3.8) is 0 Å². The average molecular weight is 278 g/mol. The van der Waals surface area contributed by atoms with Gasteiger partial charge < -0.3 is 18.4 Å². The van der Waals surface area contributed by atoms with Crippen molar-refractivity contribution in [2.75, 3.05) is 26.1 Å². The highest BCUT2D eigenvalue weighted by atomic mass is 28.4. The Labute approximate surface area is 113 Å². The van der Waals surface area contributed by atoms with Gasteiger partial charge in [-0.1, -0.05) is 40.0 Å². The molecule has 0 aliphatic carbocycles. The summed E-state index contributed by atoms with van der Waals surface area (Å²) >= 11 is 0. The molecule has 4 nitrogen and oxygen atoms in total. The molecule has 0 spiro atoms. The molecular weight excluding hydrogens is 248 g/mol. The molecule has 0 aromatic carbocycles. The molecule has 0 unspecified atom stereocenters. The monoisotopic (exact) mass is 278 g/mol. The van der Waals surface area contributed by atoms with Crippen LogP contribution in [-0.2, 0) is 13.3 Å². The van der Waals surface area contributed by atoms with Gasteiger partial charge in [0.05, 0.1) is 0 Å². The lowest BCUT2D eigenvalue weighted by Gasteiger charge is -2.28. The van der Waals surface area contributed by atoms with Gasteiger partial charge in [-0.25, -0.2) is 0 Å². The largest absolute Gasteiger partial charge is 0.527 e. The molecule has 0 aromatic rings. The van der Waals surface area contributed by atoms with E-state index in [1.807, 2.05) is 0 Å². The molecule has 0 aliphatic rings. The topological polar surface area (TPSA) is 47.9 Å². The zero-order valence-electron chi connectivity index (χ0n) is 12.2. The first-order valence-corrected chi connectivity index (χ1v) is 9.20. The summed E-state index contributed by atoms with van der Waals surface area (Å²) in [4.78, 5) is 0. The first kappa shape index (κ1) is 18.1. The Morgan fingerprint density at radius 3 is 1.28 bits per heavy atom. The van der Waals surface area contributed by atoms with Gasteiger partial charge in [-0.05, 0) is 19.3 Å². The van der Waals surface area contributed by atoms with Crippen LogP contribution in [0.2, 0.25) is 0 Å². The molecule has 0 saturated carbocycles. The second-order valence-electron chi connectivity index (χ2n) is 4.45.